The van der Waals surface area contributed by atoms with Gasteiger partial charge in [-0.05, 0) is 106 Å². The highest BCUT2D eigenvalue weighted by Gasteiger charge is 2.61. The third-order valence-corrected chi connectivity index (χ3v) is 10.2. The normalized spacial score (nSPS) is 23.2. The largest absolute Gasteiger partial charge is 0.481 e. The van der Waals surface area contributed by atoms with E-state index in [9.17, 15) is 25.2 Å². The van der Waals surface area contributed by atoms with Crippen molar-refractivity contribution < 1.29 is 19.8 Å². The Hall–Kier alpha value is -2.16. The Labute approximate surface area is 242 Å². The molecular formula is C32H54N4O4. The summed E-state index contributed by atoms with van der Waals surface area (Å²) in [5.41, 5.74) is -2.24. The summed E-state index contributed by atoms with van der Waals surface area (Å²) in [6.45, 7) is 17.8. The number of carbonyl (C=O) groups is 2. The van der Waals surface area contributed by atoms with E-state index in [-0.39, 0.29) is 40.4 Å². The summed E-state index contributed by atoms with van der Waals surface area (Å²) in [6.07, 6.45) is 7.67. The Morgan fingerprint density at radius 3 is 1.38 bits per heavy atom. The van der Waals surface area contributed by atoms with Crippen LogP contribution < -0.4 is 0 Å². The quantitative estimate of drug-likeness (QED) is 0.195. The standard InChI is InChI=1S/C32H54N4O4/c1-28(2)20-24(21-29(3,4)35(28)18-16-33)32(27(39)40,15-13-11-9-10-12-14-26(37)38)25-22-30(5,6)36(19-17-34)31(7,8)23-25/h24-25H,9-15,18-23H2,1-8H3,(H,37,38)(H,39,40). The van der Waals surface area contributed by atoms with Crippen molar-refractivity contribution in [2.24, 2.45) is 17.3 Å². The Kier molecular flexibility index (Phi) is 10.9. The highest BCUT2D eigenvalue weighted by atomic mass is 16.4. The topological polar surface area (TPSA) is 129 Å². The van der Waals surface area contributed by atoms with Crippen LogP contribution in [0.3, 0.4) is 0 Å². The molecule has 0 radical (unpaired) electrons. The van der Waals surface area contributed by atoms with Crippen molar-refractivity contribution in [3.63, 3.8) is 0 Å². The lowest BCUT2D eigenvalue weighted by Gasteiger charge is -2.62. The van der Waals surface area contributed by atoms with E-state index in [0.29, 0.717) is 51.6 Å². The molecule has 2 N–H and O–H groups in total. The molecule has 2 fully saturated rings. The Morgan fingerprint density at radius 2 is 1.05 bits per heavy atom. The van der Waals surface area contributed by atoms with Gasteiger partial charge in [0.05, 0.1) is 30.6 Å². The third-order valence-electron chi connectivity index (χ3n) is 10.2. The van der Waals surface area contributed by atoms with Gasteiger partial charge < -0.3 is 10.2 Å². The first-order chi connectivity index (χ1) is 18.4. The summed E-state index contributed by atoms with van der Waals surface area (Å²) in [6, 6.07) is 4.67. The average Bonchev–Trinajstić information content (AvgIpc) is 2.79. The molecule has 0 unspecified atom stereocenters. The molecule has 0 aromatic heterocycles. The molecule has 0 atom stereocenters. The Balaban J connectivity index is 2.50. The number of rotatable bonds is 13. The zero-order chi connectivity index (χ0) is 30.6. The lowest BCUT2D eigenvalue weighted by atomic mass is 9.52. The number of hydrogen-bond acceptors (Lipinski definition) is 6. The number of nitriles is 2. The fourth-order valence-electron chi connectivity index (χ4n) is 8.78. The van der Waals surface area contributed by atoms with Crippen LogP contribution in [-0.4, -0.2) is 67.2 Å². The molecule has 0 amide bonds. The molecule has 2 heterocycles. The summed E-state index contributed by atoms with van der Waals surface area (Å²) >= 11 is 0. The van der Waals surface area contributed by atoms with E-state index < -0.39 is 17.4 Å². The van der Waals surface area contributed by atoms with Crippen LogP contribution in [0.5, 0.6) is 0 Å². The van der Waals surface area contributed by atoms with E-state index in [2.05, 4.69) is 77.3 Å². The van der Waals surface area contributed by atoms with Gasteiger partial charge in [0.25, 0.3) is 0 Å². The number of likely N-dealkylation sites (tertiary alicyclic amines) is 2. The second kappa shape index (κ2) is 12.8. The van der Waals surface area contributed by atoms with Gasteiger partial charge in [-0.1, -0.05) is 25.7 Å². The van der Waals surface area contributed by atoms with Crippen LogP contribution in [0.2, 0.25) is 0 Å². The Morgan fingerprint density at radius 1 is 0.700 bits per heavy atom. The van der Waals surface area contributed by atoms with Crippen LogP contribution in [0.4, 0.5) is 0 Å². The first kappa shape index (κ1) is 34.0. The molecule has 8 nitrogen and oxygen atoms in total. The van der Waals surface area contributed by atoms with Gasteiger partial charge in [-0.2, -0.15) is 10.5 Å². The first-order valence-corrected chi connectivity index (χ1v) is 15.1. The molecule has 2 aliphatic heterocycles. The minimum absolute atomic E-state index is 0.0592. The molecule has 0 aliphatic carbocycles. The monoisotopic (exact) mass is 558 g/mol. The van der Waals surface area contributed by atoms with Crippen LogP contribution in [0.15, 0.2) is 0 Å². The highest BCUT2D eigenvalue weighted by Crippen LogP contribution is 2.58. The summed E-state index contributed by atoms with van der Waals surface area (Å²) in [4.78, 5) is 29.1. The van der Waals surface area contributed by atoms with Crippen molar-refractivity contribution in [3.8, 4) is 12.1 Å². The first-order valence-electron chi connectivity index (χ1n) is 15.1. The van der Waals surface area contributed by atoms with E-state index in [1.54, 1.807) is 0 Å². The zero-order valence-corrected chi connectivity index (χ0v) is 26.3. The van der Waals surface area contributed by atoms with Crippen molar-refractivity contribution in [1.29, 1.82) is 10.5 Å². The van der Waals surface area contributed by atoms with Gasteiger partial charge in [0.2, 0.25) is 0 Å². The number of piperidine rings is 2. The molecule has 0 aromatic rings. The molecular weight excluding hydrogens is 504 g/mol. The molecule has 0 aromatic carbocycles. The maximum absolute atomic E-state index is 13.7. The van der Waals surface area contributed by atoms with Gasteiger partial charge in [-0.25, -0.2) is 0 Å². The SMILES string of the molecule is CC1(C)CC(C(CCCCCCCC(=O)O)(C(=O)O)C2CC(C)(C)N(CC#N)C(C)(C)C2)CC(C)(C)N1CC#N. The maximum Gasteiger partial charge on any atom is 0.310 e. The summed E-state index contributed by atoms with van der Waals surface area (Å²) in [5, 5.41) is 39.3. The number of carboxylic acids is 2. The lowest BCUT2D eigenvalue weighted by Crippen LogP contribution is -2.67. The summed E-state index contributed by atoms with van der Waals surface area (Å²) < 4.78 is 0. The minimum atomic E-state index is -0.929. The predicted octanol–water partition coefficient (Wildman–Crippen LogP) is 6.46. The van der Waals surface area contributed by atoms with Crippen molar-refractivity contribution in [1.82, 2.24) is 9.80 Å². The molecule has 0 bridgehead atoms. The second-order valence-corrected chi connectivity index (χ2v) is 15.0. The molecule has 40 heavy (non-hydrogen) atoms. The average molecular weight is 559 g/mol. The minimum Gasteiger partial charge on any atom is -0.481 e. The van der Waals surface area contributed by atoms with E-state index in [1.165, 1.54) is 0 Å². The van der Waals surface area contributed by atoms with E-state index in [4.69, 9.17) is 5.11 Å². The number of nitrogens with zero attached hydrogens (tertiary/aromatic N) is 4. The van der Waals surface area contributed by atoms with Gasteiger partial charge in [0, 0.05) is 28.6 Å². The van der Waals surface area contributed by atoms with Crippen molar-refractivity contribution in [2.75, 3.05) is 13.1 Å². The fourth-order valence-corrected chi connectivity index (χ4v) is 8.78. The predicted molar refractivity (Wildman–Crippen MR) is 156 cm³/mol. The molecule has 0 saturated carbocycles. The molecule has 2 saturated heterocycles. The lowest BCUT2D eigenvalue weighted by molar-refractivity contribution is -0.177. The van der Waals surface area contributed by atoms with Gasteiger partial charge in [0.15, 0.2) is 0 Å². The third kappa shape index (κ3) is 7.37. The molecule has 2 aliphatic rings. The summed E-state index contributed by atoms with van der Waals surface area (Å²) in [5.74, 6) is -1.60. The van der Waals surface area contributed by atoms with Gasteiger partial charge in [-0.3, -0.25) is 19.4 Å². The van der Waals surface area contributed by atoms with E-state index in [1.807, 2.05) is 0 Å². The molecule has 0 spiro atoms. The molecule has 2 rings (SSSR count). The maximum atomic E-state index is 13.7. The summed E-state index contributed by atoms with van der Waals surface area (Å²) in [7, 11) is 0. The smallest absolute Gasteiger partial charge is 0.310 e. The Bertz CT molecular complexity index is 896. The second-order valence-electron chi connectivity index (χ2n) is 15.0. The van der Waals surface area contributed by atoms with Crippen LogP contribution in [0.25, 0.3) is 0 Å². The van der Waals surface area contributed by atoms with Gasteiger partial charge >= 0.3 is 11.9 Å². The van der Waals surface area contributed by atoms with E-state index in [0.717, 1.165) is 25.7 Å². The number of unbranched alkanes of at least 4 members (excludes halogenated alkanes) is 4. The number of hydrogen-bond donors (Lipinski definition) is 2. The van der Waals surface area contributed by atoms with Crippen LogP contribution in [-0.2, 0) is 9.59 Å². The van der Waals surface area contributed by atoms with Crippen molar-refractivity contribution >= 4 is 11.9 Å². The van der Waals surface area contributed by atoms with Gasteiger partial charge in [-0.15, -0.1) is 0 Å². The number of carboxylic acid groups (broad SMARTS) is 2. The molecule has 8 heteroatoms. The zero-order valence-electron chi connectivity index (χ0n) is 26.3. The number of aliphatic carboxylic acids is 2. The van der Waals surface area contributed by atoms with E-state index >= 15 is 0 Å². The van der Waals surface area contributed by atoms with Crippen molar-refractivity contribution in [3.05, 3.63) is 0 Å². The fraction of sp³-hybridized carbons (Fsp3) is 0.875. The van der Waals surface area contributed by atoms with Crippen LogP contribution in [0.1, 0.15) is 126 Å². The highest BCUT2D eigenvalue weighted by molar-refractivity contribution is 5.76. The van der Waals surface area contributed by atoms with Crippen LogP contribution >= 0.6 is 0 Å². The van der Waals surface area contributed by atoms with Gasteiger partial charge in [0.1, 0.15) is 0 Å². The van der Waals surface area contributed by atoms with Crippen LogP contribution in [0, 0.1) is 39.9 Å². The molecule has 226 valence electrons. The van der Waals surface area contributed by atoms with Crippen molar-refractivity contribution in [2.45, 2.75) is 148 Å².